The molecule has 0 saturated carbocycles. The van der Waals surface area contributed by atoms with Crippen molar-refractivity contribution in [3.63, 3.8) is 0 Å². The lowest BCUT2D eigenvalue weighted by Crippen LogP contribution is -2.15. The van der Waals surface area contributed by atoms with Crippen LogP contribution in [0.3, 0.4) is 0 Å². The van der Waals surface area contributed by atoms with E-state index in [4.69, 9.17) is 4.74 Å². The first-order valence-corrected chi connectivity index (χ1v) is 4.94. The van der Waals surface area contributed by atoms with Gasteiger partial charge in [0.2, 0.25) is 5.91 Å². The van der Waals surface area contributed by atoms with Gasteiger partial charge in [0.1, 0.15) is 5.75 Å². The van der Waals surface area contributed by atoms with Gasteiger partial charge in [0.05, 0.1) is 13.5 Å². The van der Waals surface area contributed by atoms with Crippen molar-refractivity contribution >= 4 is 11.6 Å². The molecule has 0 unspecified atom stereocenters. The minimum absolute atomic E-state index is 0.0858. The van der Waals surface area contributed by atoms with Gasteiger partial charge in [-0.1, -0.05) is 5.21 Å². The third-order valence-electron chi connectivity index (χ3n) is 2.08. The minimum Gasteiger partial charge on any atom is -0.497 e. The second-order valence-corrected chi connectivity index (χ2v) is 3.28. The van der Waals surface area contributed by atoms with Gasteiger partial charge in [0, 0.05) is 5.69 Å². The molecule has 7 nitrogen and oxygen atoms in total. The zero-order chi connectivity index (χ0) is 12.1. The number of aromatic nitrogens is 4. The van der Waals surface area contributed by atoms with Crippen LogP contribution in [-0.4, -0.2) is 33.6 Å². The van der Waals surface area contributed by atoms with Crippen LogP contribution in [0, 0.1) is 0 Å². The predicted molar refractivity (Wildman–Crippen MR) is 59.5 cm³/mol. The molecule has 88 valence electrons. The molecule has 0 spiro atoms. The van der Waals surface area contributed by atoms with Crippen molar-refractivity contribution in [2.75, 3.05) is 12.4 Å². The van der Waals surface area contributed by atoms with E-state index in [1.165, 1.54) is 0 Å². The molecule has 1 aromatic heterocycles. The van der Waals surface area contributed by atoms with Gasteiger partial charge in [-0.05, 0) is 24.3 Å². The summed E-state index contributed by atoms with van der Waals surface area (Å²) in [7, 11) is 1.59. The number of rotatable bonds is 4. The summed E-state index contributed by atoms with van der Waals surface area (Å²) in [6.45, 7) is 0. The Morgan fingerprint density at radius 2 is 2.18 bits per heavy atom. The average molecular weight is 233 g/mol. The molecule has 0 atom stereocenters. The van der Waals surface area contributed by atoms with Crippen molar-refractivity contribution in [1.29, 1.82) is 0 Å². The molecule has 2 rings (SSSR count). The Bertz CT molecular complexity index is 480. The van der Waals surface area contributed by atoms with Crippen LogP contribution in [0.5, 0.6) is 5.75 Å². The van der Waals surface area contributed by atoms with Crippen molar-refractivity contribution in [1.82, 2.24) is 20.6 Å². The molecular weight excluding hydrogens is 222 g/mol. The molecular formula is C10H11N5O2. The van der Waals surface area contributed by atoms with Crippen molar-refractivity contribution in [2.24, 2.45) is 0 Å². The number of aromatic amines is 1. The van der Waals surface area contributed by atoms with E-state index in [2.05, 4.69) is 25.9 Å². The molecule has 0 saturated heterocycles. The number of hydrogen-bond donors (Lipinski definition) is 2. The molecule has 7 heteroatoms. The first-order valence-electron chi connectivity index (χ1n) is 4.94. The smallest absolute Gasteiger partial charge is 0.232 e. The number of carbonyl (C=O) groups excluding carboxylic acids is 1. The number of nitrogens with one attached hydrogen (secondary N) is 2. The van der Waals surface area contributed by atoms with Gasteiger partial charge in [0.15, 0.2) is 5.82 Å². The number of benzene rings is 1. The van der Waals surface area contributed by atoms with Gasteiger partial charge in [-0.15, -0.1) is 10.2 Å². The summed E-state index contributed by atoms with van der Waals surface area (Å²) in [5.74, 6) is 0.897. The maximum atomic E-state index is 11.6. The van der Waals surface area contributed by atoms with E-state index in [1.807, 2.05) is 0 Å². The summed E-state index contributed by atoms with van der Waals surface area (Å²) in [5.41, 5.74) is 0.694. The maximum absolute atomic E-state index is 11.6. The maximum Gasteiger partial charge on any atom is 0.232 e. The first kappa shape index (κ1) is 11.1. The van der Waals surface area contributed by atoms with Gasteiger partial charge in [-0.2, -0.15) is 5.21 Å². The van der Waals surface area contributed by atoms with E-state index in [-0.39, 0.29) is 12.3 Å². The van der Waals surface area contributed by atoms with E-state index >= 15 is 0 Å². The number of anilines is 1. The fourth-order valence-corrected chi connectivity index (χ4v) is 1.28. The largest absolute Gasteiger partial charge is 0.497 e. The quantitative estimate of drug-likeness (QED) is 0.796. The lowest BCUT2D eigenvalue weighted by atomic mass is 10.3. The van der Waals surface area contributed by atoms with E-state index in [1.54, 1.807) is 31.4 Å². The highest BCUT2D eigenvalue weighted by Crippen LogP contribution is 2.14. The summed E-state index contributed by atoms with van der Waals surface area (Å²) in [6, 6.07) is 7.05. The number of carbonyl (C=O) groups is 1. The third kappa shape index (κ3) is 3.00. The van der Waals surface area contributed by atoms with Crippen LogP contribution in [0.4, 0.5) is 5.69 Å². The normalized spacial score (nSPS) is 9.94. The van der Waals surface area contributed by atoms with Gasteiger partial charge < -0.3 is 10.1 Å². The van der Waals surface area contributed by atoms with Crippen molar-refractivity contribution in [3.05, 3.63) is 30.1 Å². The molecule has 0 fully saturated rings. The van der Waals surface area contributed by atoms with Crippen LogP contribution < -0.4 is 10.1 Å². The Balaban J connectivity index is 1.93. The molecule has 0 aliphatic rings. The predicted octanol–water partition coefficient (Wildman–Crippen LogP) is 0.389. The SMILES string of the molecule is COc1ccc(NC(=O)Cc2nn[nH]n2)cc1. The summed E-state index contributed by atoms with van der Waals surface area (Å²) in [5, 5.41) is 15.8. The van der Waals surface area contributed by atoms with Crippen LogP contribution in [0.2, 0.25) is 0 Å². The van der Waals surface area contributed by atoms with E-state index in [9.17, 15) is 4.79 Å². The Morgan fingerprint density at radius 3 is 2.76 bits per heavy atom. The summed E-state index contributed by atoms with van der Waals surface area (Å²) >= 11 is 0. The Morgan fingerprint density at radius 1 is 1.41 bits per heavy atom. The first-order chi connectivity index (χ1) is 8.28. The highest BCUT2D eigenvalue weighted by atomic mass is 16.5. The minimum atomic E-state index is -0.198. The van der Waals surface area contributed by atoms with Crippen LogP contribution in [-0.2, 0) is 11.2 Å². The lowest BCUT2D eigenvalue weighted by Gasteiger charge is -2.04. The van der Waals surface area contributed by atoms with E-state index in [0.717, 1.165) is 5.75 Å². The number of ether oxygens (including phenoxy) is 1. The molecule has 1 aromatic carbocycles. The van der Waals surface area contributed by atoms with Crippen molar-refractivity contribution < 1.29 is 9.53 Å². The number of methoxy groups -OCH3 is 1. The van der Waals surface area contributed by atoms with Crippen LogP contribution in [0.1, 0.15) is 5.82 Å². The fraction of sp³-hybridized carbons (Fsp3) is 0.200. The fourth-order valence-electron chi connectivity index (χ4n) is 1.28. The van der Waals surface area contributed by atoms with Gasteiger partial charge >= 0.3 is 0 Å². The molecule has 1 heterocycles. The monoisotopic (exact) mass is 233 g/mol. The van der Waals surface area contributed by atoms with Crippen LogP contribution in [0.15, 0.2) is 24.3 Å². The van der Waals surface area contributed by atoms with Crippen LogP contribution >= 0.6 is 0 Å². The van der Waals surface area contributed by atoms with E-state index in [0.29, 0.717) is 11.5 Å². The summed E-state index contributed by atoms with van der Waals surface area (Å²) < 4.78 is 5.01. The van der Waals surface area contributed by atoms with Gasteiger partial charge in [-0.3, -0.25) is 4.79 Å². The molecule has 0 bridgehead atoms. The molecule has 2 aromatic rings. The summed E-state index contributed by atoms with van der Waals surface area (Å²) in [6.07, 6.45) is 0.0858. The number of tetrazole rings is 1. The average Bonchev–Trinajstić information content (AvgIpc) is 2.82. The highest BCUT2D eigenvalue weighted by Gasteiger charge is 2.07. The number of nitrogens with zero attached hydrogens (tertiary/aromatic N) is 3. The Hall–Kier alpha value is -2.44. The Labute approximate surface area is 97.2 Å². The second kappa shape index (κ2) is 5.06. The van der Waals surface area contributed by atoms with Crippen LogP contribution in [0.25, 0.3) is 0 Å². The highest BCUT2D eigenvalue weighted by molar-refractivity contribution is 5.91. The standard InChI is InChI=1S/C10H11N5O2/c1-17-8-4-2-7(3-5-8)11-10(16)6-9-12-14-15-13-9/h2-5H,6H2,1H3,(H,11,16)(H,12,13,14,15). The zero-order valence-electron chi connectivity index (χ0n) is 9.17. The molecule has 2 N–H and O–H groups in total. The molecule has 0 aliphatic heterocycles. The van der Waals surface area contributed by atoms with E-state index < -0.39 is 0 Å². The molecule has 17 heavy (non-hydrogen) atoms. The topological polar surface area (TPSA) is 92.8 Å². The third-order valence-corrected chi connectivity index (χ3v) is 2.08. The molecule has 0 radical (unpaired) electrons. The number of H-pyrrole nitrogens is 1. The zero-order valence-corrected chi connectivity index (χ0v) is 9.17. The number of hydrogen-bond acceptors (Lipinski definition) is 5. The van der Waals surface area contributed by atoms with Crippen molar-refractivity contribution in [3.8, 4) is 5.75 Å². The Kier molecular flexibility index (Phi) is 3.29. The second-order valence-electron chi connectivity index (χ2n) is 3.28. The lowest BCUT2D eigenvalue weighted by molar-refractivity contribution is -0.115. The van der Waals surface area contributed by atoms with Gasteiger partial charge in [0.25, 0.3) is 0 Å². The summed E-state index contributed by atoms with van der Waals surface area (Å²) in [4.78, 5) is 11.6. The van der Waals surface area contributed by atoms with Gasteiger partial charge in [-0.25, -0.2) is 0 Å². The number of amides is 1. The molecule has 1 amide bonds. The molecule has 0 aliphatic carbocycles. The van der Waals surface area contributed by atoms with Crippen molar-refractivity contribution in [2.45, 2.75) is 6.42 Å².